The van der Waals surface area contributed by atoms with Crippen molar-refractivity contribution in [2.24, 2.45) is 0 Å². The van der Waals surface area contributed by atoms with Gasteiger partial charge >= 0.3 is 5.97 Å². The van der Waals surface area contributed by atoms with Crippen LogP contribution in [0.1, 0.15) is 18.4 Å². The molecule has 0 aliphatic carbocycles. The standard InChI is InChI=1S/C11H14O4/c1-7(11(13)15-3)9-5-4-8(12)6-10(9)14-2/h4-7,12H,1-3H3. The minimum Gasteiger partial charge on any atom is -0.508 e. The number of benzene rings is 1. The normalized spacial score (nSPS) is 11.9. The van der Waals surface area contributed by atoms with Crippen LogP contribution in [0.25, 0.3) is 0 Å². The van der Waals surface area contributed by atoms with E-state index in [1.807, 2.05) is 0 Å². The van der Waals surface area contributed by atoms with E-state index in [0.29, 0.717) is 11.3 Å². The summed E-state index contributed by atoms with van der Waals surface area (Å²) in [6, 6.07) is 4.63. The van der Waals surface area contributed by atoms with E-state index in [4.69, 9.17) is 4.74 Å². The van der Waals surface area contributed by atoms with Gasteiger partial charge in [0.15, 0.2) is 0 Å². The Labute approximate surface area is 88.4 Å². The van der Waals surface area contributed by atoms with Crippen LogP contribution in [-0.4, -0.2) is 25.3 Å². The summed E-state index contributed by atoms with van der Waals surface area (Å²) in [4.78, 5) is 11.3. The molecule has 4 nitrogen and oxygen atoms in total. The molecule has 15 heavy (non-hydrogen) atoms. The van der Waals surface area contributed by atoms with Crippen molar-refractivity contribution in [3.8, 4) is 11.5 Å². The SMILES string of the molecule is COC(=O)C(C)c1ccc(O)cc1OC. The maximum atomic E-state index is 11.3. The lowest BCUT2D eigenvalue weighted by Crippen LogP contribution is -2.11. The summed E-state index contributed by atoms with van der Waals surface area (Å²) in [5.74, 6) is -0.162. The number of methoxy groups -OCH3 is 2. The molecule has 0 aliphatic rings. The molecule has 0 saturated heterocycles. The molecule has 0 amide bonds. The first kappa shape index (κ1) is 11.4. The van der Waals surface area contributed by atoms with Crippen molar-refractivity contribution >= 4 is 5.97 Å². The molecule has 0 bridgehead atoms. The largest absolute Gasteiger partial charge is 0.508 e. The zero-order chi connectivity index (χ0) is 11.4. The highest BCUT2D eigenvalue weighted by Gasteiger charge is 2.19. The maximum absolute atomic E-state index is 11.3. The monoisotopic (exact) mass is 210 g/mol. The molecule has 4 heteroatoms. The third-order valence-corrected chi connectivity index (χ3v) is 2.24. The number of ether oxygens (including phenoxy) is 2. The summed E-state index contributed by atoms with van der Waals surface area (Å²) < 4.78 is 9.71. The van der Waals surface area contributed by atoms with Gasteiger partial charge in [0.25, 0.3) is 0 Å². The van der Waals surface area contributed by atoms with E-state index < -0.39 is 5.92 Å². The second kappa shape index (κ2) is 4.68. The van der Waals surface area contributed by atoms with Crippen molar-refractivity contribution in [2.75, 3.05) is 14.2 Å². The second-order valence-electron chi connectivity index (χ2n) is 3.17. The van der Waals surface area contributed by atoms with Crippen LogP contribution in [0.3, 0.4) is 0 Å². The fraction of sp³-hybridized carbons (Fsp3) is 0.364. The number of phenolic OH excluding ortho intramolecular Hbond substituents is 1. The minimum atomic E-state index is -0.412. The third kappa shape index (κ3) is 2.40. The average molecular weight is 210 g/mol. The summed E-state index contributed by atoms with van der Waals surface area (Å²) in [6.45, 7) is 1.72. The van der Waals surface area contributed by atoms with Crippen LogP contribution in [0.2, 0.25) is 0 Å². The Kier molecular flexibility index (Phi) is 3.55. The number of aromatic hydroxyl groups is 1. The number of rotatable bonds is 3. The molecule has 0 heterocycles. The number of esters is 1. The summed E-state index contributed by atoms with van der Waals surface area (Å²) in [5, 5.41) is 9.25. The average Bonchev–Trinajstić information content (AvgIpc) is 2.26. The zero-order valence-electron chi connectivity index (χ0n) is 8.98. The molecule has 1 aromatic carbocycles. The molecule has 0 spiro atoms. The van der Waals surface area contributed by atoms with Crippen molar-refractivity contribution in [3.63, 3.8) is 0 Å². The second-order valence-corrected chi connectivity index (χ2v) is 3.17. The molecule has 1 aromatic rings. The molecule has 0 fully saturated rings. The first-order chi connectivity index (χ1) is 7.10. The van der Waals surface area contributed by atoms with Crippen LogP contribution in [0.15, 0.2) is 18.2 Å². The predicted molar refractivity (Wildman–Crippen MR) is 55.1 cm³/mol. The number of hydrogen-bond donors (Lipinski definition) is 1. The van der Waals surface area contributed by atoms with Gasteiger partial charge in [0.05, 0.1) is 20.1 Å². The van der Waals surface area contributed by atoms with Gasteiger partial charge in [-0.25, -0.2) is 0 Å². The van der Waals surface area contributed by atoms with Crippen molar-refractivity contribution in [1.82, 2.24) is 0 Å². The highest BCUT2D eigenvalue weighted by Crippen LogP contribution is 2.30. The Hall–Kier alpha value is -1.71. The van der Waals surface area contributed by atoms with E-state index in [1.165, 1.54) is 26.4 Å². The van der Waals surface area contributed by atoms with Gasteiger partial charge in [-0.2, -0.15) is 0 Å². The smallest absolute Gasteiger partial charge is 0.312 e. The quantitative estimate of drug-likeness (QED) is 0.771. The van der Waals surface area contributed by atoms with Gasteiger partial charge in [-0.3, -0.25) is 4.79 Å². The van der Waals surface area contributed by atoms with E-state index in [9.17, 15) is 9.90 Å². The highest BCUT2D eigenvalue weighted by atomic mass is 16.5. The Morgan fingerprint density at radius 1 is 1.40 bits per heavy atom. The Bertz CT molecular complexity index is 360. The summed E-state index contributed by atoms with van der Waals surface area (Å²) >= 11 is 0. The van der Waals surface area contributed by atoms with Gasteiger partial charge in [-0.05, 0) is 13.0 Å². The third-order valence-electron chi connectivity index (χ3n) is 2.24. The van der Waals surface area contributed by atoms with E-state index in [0.717, 1.165) is 0 Å². The fourth-order valence-corrected chi connectivity index (χ4v) is 1.36. The van der Waals surface area contributed by atoms with E-state index >= 15 is 0 Å². The molecular weight excluding hydrogens is 196 g/mol. The van der Waals surface area contributed by atoms with E-state index in [1.54, 1.807) is 13.0 Å². The summed E-state index contributed by atoms with van der Waals surface area (Å²) in [7, 11) is 2.83. The molecule has 1 N–H and O–H groups in total. The molecule has 0 aliphatic heterocycles. The number of carbonyl (C=O) groups is 1. The molecule has 82 valence electrons. The van der Waals surface area contributed by atoms with Crippen LogP contribution in [0, 0.1) is 0 Å². The zero-order valence-corrected chi connectivity index (χ0v) is 8.98. The topological polar surface area (TPSA) is 55.8 Å². The molecular formula is C11H14O4. The van der Waals surface area contributed by atoms with Crippen LogP contribution < -0.4 is 4.74 Å². The van der Waals surface area contributed by atoms with Gasteiger partial charge < -0.3 is 14.6 Å². The number of carbonyl (C=O) groups excluding carboxylic acids is 1. The van der Waals surface area contributed by atoms with Crippen LogP contribution in [0.5, 0.6) is 11.5 Å². The Balaban J connectivity index is 3.07. The van der Waals surface area contributed by atoms with Crippen molar-refractivity contribution in [1.29, 1.82) is 0 Å². The van der Waals surface area contributed by atoms with E-state index in [2.05, 4.69) is 4.74 Å². The van der Waals surface area contributed by atoms with Gasteiger partial charge in [0.2, 0.25) is 0 Å². The number of phenols is 1. The van der Waals surface area contributed by atoms with Gasteiger partial charge in [-0.1, -0.05) is 6.07 Å². The molecule has 0 radical (unpaired) electrons. The van der Waals surface area contributed by atoms with Crippen molar-refractivity contribution in [2.45, 2.75) is 12.8 Å². The van der Waals surface area contributed by atoms with Crippen molar-refractivity contribution < 1.29 is 19.4 Å². The lowest BCUT2D eigenvalue weighted by Gasteiger charge is -2.13. The predicted octanol–water partition coefficient (Wildman–Crippen LogP) is 1.68. The molecule has 0 aromatic heterocycles. The molecule has 1 rings (SSSR count). The lowest BCUT2D eigenvalue weighted by atomic mass is 10.00. The van der Waals surface area contributed by atoms with Crippen LogP contribution in [-0.2, 0) is 9.53 Å². The van der Waals surface area contributed by atoms with E-state index in [-0.39, 0.29) is 11.7 Å². The van der Waals surface area contributed by atoms with Crippen molar-refractivity contribution in [3.05, 3.63) is 23.8 Å². The molecule has 1 atom stereocenters. The van der Waals surface area contributed by atoms with Gasteiger partial charge in [-0.15, -0.1) is 0 Å². The summed E-state index contributed by atoms with van der Waals surface area (Å²) in [6.07, 6.45) is 0. The minimum absolute atomic E-state index is 0.104. The lowest BCUT2D eigenvalue weighted by molar-refractivity contribution is -0.142. The molecule has 1 unspecified atom stereocenters. The molecule has 0 saturated carbocycles. The van der Waals surface area contributed by atoms with Crippen LogP contribution >= 0.6 is 0 Å². The van der Waals surface area contributed by atoms with Gasteiger partial charge in [0.1, 0.15) is 11.5 Å². The first-order valence-electron chi connectivity index (χ1n) is 4.55. The number of hydrogen-bond acceptors (Lipinski definition) is 4. The highest BCUT2D eigenvalue weighted by molar-refractivity contribution is 5.78. The van der Waals surface area contributed by atoms with Gasteiger partial charge in [0, 0.05) is 11.6 Å². The first-order valence-corrected chi connectivity index (χ1v) is 4.55. The fourth-order valence-electron chi connectivity index (χ4n) is 1.36. The Morgan fingerprint density at radius 3 is 2.60 bits per heavy atom. The van der Waals surface area contributed by atoms with Crippen LogP contribution in [0.4, 0.5) is 0 Å². The maximum Gasteiger partial charge on any atom is 0.312 e. The Morgan fingerprint density at radius 2 is 2.07 bits per heavy atom. The summed E-state index contributed by atoms with van der Waals surface area (Å²) in [5.41, 5.74) is 0.696.